The maximum atomic E-state index is 11.6. The average Bonchev–Trinajstić information content (AvgIpc) is 3.46. The third-order valence-electron chi connectivity index (χ3n) is 5.73. The van der Waals surface area contributed by atoms with Gasteiger partial charge in [0, 0.05) is 42.8 Å². The van der Waals surface area contributed by atoms with Crippen molar-refractivity contribution in [3.8, 4) is 5.75 Å². The van der Waals surface area contributed by atoms with E-state index in [0.29, 0.717) is 19.7 Å². The molecule has 1 aliphatic rings. The lowest BCUT2D eigenvalue weighted by Gasteiger charge is -2.14. The molecule has 2 heterocycles. The molecule has 0 aliphatic carbocycles. The lowest BCUT2D eigenvalue weighted by Crippen LogP contribution is -2.31. The molecule has 9 heteroatoms. The van der Waals surface area contributed by atoms with Crippen molar-refractivity contribution in [3.63, 3.8) is 0 Å². The second-order valence-electron chi connectivity index (χ2n) is 8.07. The summed E-state index contributed by atoms with van der Waals surface area (Å²) in [7, 11) is 0. The molecule has 1 fully saturated rings. The lowest BCUT2D eigenvalue weighted by atomic mass is 10.1. The number of aromatic amines is 1. The smallest absolute Gasteiger partial charge is 0.317 e. The van der Waals surface area contributed by atoms with Crippen LogP contribution in [-0.2, 0) is 17.8 Å². The molecule has 2 aromatic carbocycles. The number of H-pyrrole nitrogens is 1. The monoisotopic (exact) mass is 463 g/mol. The van der Waals surface area contributed by atoms with E-state index in [2.05, 4.69) is 21.7 Å². The molecule has 0 atom stereocenters. The van der Waals surface area contributed by atoms with Crippen molar-refractivity contribution in [1.82, 2.24) is 26.0 Å². The molecule has 5 N–H and O–H groups in total. The van der Waals surface area contributed by atoms with Gasteiger partial charge in [0.1, 0.15) is 12.4 Å². The Hall–Kier alpha value is -3.82. The summed E-state index contributed by atoms with van der Waals surface area (Å²) >= 11 is 0. The summed E-state index contributed by atoms with van der Waals surface area (Å²) in [5.74, 6) is 0.240. The Labute approximate surface area is 197 Å². The van der Waals surface area contributed by atoms with Gasteiger partial charge in [-0.1, -0.05) is 24.3 Å². The van der Waals surface area contributed by atoms with Crippen LogP contribution < -0.4 is 20.9 Å². The third-order valence-corrected chi connectivity index (χ3v) is 5.73. The molecule has 178 valence electrons. The molecule has 4 rings (SSSR count). The van der Waals surface area contributed by atoms with Gasteiger partial charge in [-0.15, -0.1) is 0 Å². The summed E-state index contributed by atoms with van der Waals surface area (Å²) in [4.78, 5) is 27.7. The number of nitrogens with one attached hydrogen (secondary N) is 4. The number of urea groups is 1. The second-order valence-corrected chi connectivity index (χ2v) is 8.07. The van der Waals surface area contributed by atoms with E-state index >= 15 is 0 Å². The zero-order valence-electron chi connectivity index (χ0n) is 18.8. The maximum absolute atomic E-state index is 11.6. The van der Waals surface area contributed by atoms with Crippen molar-refractivity contribution in [1.29, 1.82) is 0 Å². The molecule has 0 radical (unpaired) electrons. The fraction of sp³-hybridized carbons (Fsp3) is 0.280. The van der Waals surface area contributed by atoms with Crippen LogP contribution in [0.15, 0.2) is 54.7 Å². The maximum Gasteiger partial charge on any atom is 0.317 e. The molecule has 1 aromatic heterocycles. The average molecular weight is 464 g/mol. The van der Waals surface area contributed by atoms with Crippen LogP contribution in [-0.4, -0.2) is 59.8 Å². The van der Waals surface area contributed by atoms with E-state index < -0.39 is 5.91 Å². The Morgan fingerprint density at radius 3 is 2.82 bits per heavy atom. The number of hydroxylamine groups is 1. The lowest BCUT2D eigenvalue weighted by molar-refractivity contribution is -0.124. The van der Waals surface area contributed by atoms with Crippen LogP contribution in [0.4, 0.5) is 4.79 Å². The van der Waals surface area contributed by atoms with Crippen LogP contribution >= 0.6 is 0 Å². The van der Waals surface area contributed by atoms with Crippen molar-refractivity contribution in [2.45, 2.75) is 13.0 Å². The van der Waals surface area contributed by atoms with Crippen LogP contribution in [0.5, 0.6) is 5.75 Å². The highest BCUT2D eigenvalue weighted by atomic mass is 16.5. The van der Waals surface area contributed by atoms with Crippen molar-refractivity contribution in [2.75, 3.05) is 32.8 Å². The number of benzene rings is 2. The highest BCUT2D eigenvalue weighted by molar-refractivity contribution is 5.90. The molecular formula is C25H29N5O4. The first-order valence-corrected chi connectivity index (χ1v) is 11.3. The number of rotatable bonds is 11. The van der Waals surface area contributed by atoms with E-state index in [1.165, 1.54) is 11.6 Å². The summed E-state index contributed by atoms with van der Waals surface area (Å²) in [6.07, 6.45) is 5.82. The number of carbonyl (C=O) groups excluding carboxylic acids is 2. The number of hydrogen-bond acceptors (Lipinski definition) is 5. The van der Waals surface area contributed by atoms with E-state index in [9.17, 15) is 9.59 Å². The van der Waals surface area contributed by atoms with E-state index in [4.69, 9.17) is 9.94 Å². The van der Waals surface area contributed by atoms with Gasteiger partial charge in [-0.25, -0.2) is 10.3 Å². The normalized spacial score (nSPS) is 13.6. The predicted octanol–water partition coefficient (Wildman–Crippen LogP) is 2.42. The highest BCUT2D eigenvalue weighted by Gasteiger charge is 2.18. The molecule has 1 saturated heterocycles. The second kappa shape index (κ2) is 11.4. The molecule has 9 nitrogen and oxygen atoms in total. The Bertz CT molecular complexity index is 1160. The largest absolute Gasteiger partial charge is 0.492 e. The summed E-state index contributed by atoms with van der Waals surface area (Å²) in [6, 6.07) is 13.8. The number of ether oxygens (including phenoxy) is 1. The Morgan fingerprint density at radius 2 is 2.06 bits per heavy atom. The minimum absolute atomic E-state index is 0.0284. The van der Waals surface area contributed by atoms with Crippen molar-refractivity contribution in [2.24, 2.45) is 0 Å². The molecule has 3 aromatic rings. The standard InChI is InChI=1S/C25H29N5O4/c31-24(29-33)8-5-18-1-3-19(4-2-18)16-26-10-9-20-17-28-23-7-6-21(15-22(20)23)34-14-13-30-12-11-27-25(30)32/h1-8,15,17,26,28,33H,9-14,16H2,(H,27,32)(H,29,31)/b8-5+. The third kappa shape index (κ3) is 6.15. The summed E-state index contributed by atoms with van der Waals surface area (Å²) in [6.45, 7) is 4.01. The van der Waals surface area contributed by atoms with E-state index in [0.717, 1.165) is 53.8 Å². The first-order chi connectivity index (χ1) is 16.6. The summed E-state index contributed by atoms with van der Waals surface area (Å²) in [5.41, 5.74) is 5.88. The molecule has 3 amide bonds. The van der Waals surface area contributed by atoms with Gasteiger partial charge >= 0.3 is 6.03 Å². The number of carbonyl (C=O) groups is 2. The summed E-state index contributed by atoms with van der Waals surface area (Å²) in [5, 5.41) is 15.9. The molecule has 0 spiro atoms. The van der Waals surface area contributed by atoms with Gasteiger partial charge in [0.2, 0.25) is 0 Å². The quantitative estimate of drug-likeness (QED) is 0.130. The molecule has 0 unspecified atom stereocenters. The zero-order chi connectivity index (χ0) is 23.8. The molecule has 1 aliphatic heterocycles. The van der Waals surface area contributed by atoms with Gasteiger partial charge < -0.3 is 25.3 Å². The van der Waals surface area contributed by atoms with Gasteiger partial charge in [0.15, 0.2) is 0 Å². The van der Waals surface area contributed by atoms with E-state index in [1.807, 2.05) is 42.6 Å². The van der Waals surface area contributed by atoms with Crippen LogP contribution in [0, 0.1) is 0 Å². The first-order valence-electron chi connectivity index (χ1n) is 11.3. The minimum Gasteiger partial charge on any atom is -0.492 e. The van der Waals surface area contributed by atoms with Gasteiger partial charge in [-0.2, -0.15) is 0 Å². The van der Waals surface area contributed by atoms with Crippen molar-refractivity contribution < 1.29 is 19.5 Å². The summed E-state index contributed by atoms with van der Waals surface area (Å²) < 4.78 is 5.89. The Kier molecular flexibility index (Phi) is 7.79. The Balaban J connectivity index is 1.24. The van der Waals surface area contributed by atoms with E-state index in [1.54, 1.807) is 16.5 Å². The highest BCUT2D eigenvalue weighted by Crippen LogP contribution is 2.24. The fourth-order valence-electron chi connectivity index (χ4n) is 3.86. The van der Waals surface area contributed by atoms with Gasteiger partial charge in [0.05, 0.1) is 6.54 Å². The number of amides is 3. The molecule has 34 heavy (non-hydrogen) atoms. The van der Waals surface area contributed by atoms with Crippen LogP contribution in [0.1, 0.15) is 16.7 Å². The topological polar surface area (TPSA) is 119 Å². The number of aromatic nitrogens is 1. The van der Waals surface area contributed by atoms with Crippen molar-refractivity contribution in [3.05, 3.63) is 71.4 Å². The van der Waals surface area contributed by atoms with Gasteiger partial charge in [-0.3, -0.25) is 10.0 Å². The number of hydrogen-bond donors (Lipinski definition) is 5. The van der Waals surface area contributed by atoms with Crippen molar-refractivity contribution >= 4 is 28.9 Å². The van der Waals surface area contributed by atoms with Gasteiger partial charge in [0.25, 0.3) is 5.91 Å². The van der Waals surface area contributed by atoms with E-state index in [-0.39, 0.29) is 6.03 Å². The van der Waals surface area contributed by atoms with Gasteiger partial charge in [-0.05, 0) is 53.9 Å². The minimum atomic E-state index is -0.558. The molecule has 0 saturated carbocycles. The molecule has 0 bridgehead atoms. The predicted molar refractivity (Wildman–Crippen MR) is 130 cm³/mol. The zero-order valence-corrected chi connectivity index (χ0v) is 18.8. The SMILES string of the molecule is O=C(/C=C/c1ccc(CNCCc2c[nH]c3ccc(OCCN4CCNC4=O)cc23)cc1)NO. The van der Waals surface area contributed by atoms with Crippen LogP contribution in [0.3, 0.4) is 0 Å². The first kappa shape index (κ1) is 23.3. The molecular weight excluding hydrogens is 434 g/mol. The fourth-order valence-corrected chi connectivity index (χ4v) is 3.86. The number of nitrogens with zero attached hydrogens (tertiary/aromatic N) is 1. The van der Waals surface area contributed by atoms with Crippen LogP contribution in [0.25, 0.3) is 17.0 Å². The van der Waals surface area contributed by atoms with Crippen LogP contribution in [0.2, 0.25) is 0 Å². The Morgan fingerprint density at radius 1 is 1.21 bits per heavy atom. The number of fused-ring (bicyclic) bond motifs is 1.